The number of hydrogen-bond donors (Lipinski definition) is 1. The molecule has 1 saturated heterocycles. The first-order valence-electron chi connectivity index (χ1n) is 10.4. The number of urea groups is 1. The maximum atomic E-state index is 13.0. The van der Waals surface area contributed by atoms with Gasteiger partial charge in [-0.25, -0.2) is 9.18 Å². The molecule has 2 fully saturated rings. The number of piperazine rings is 1. The van der Waals surface area contributed by atoms with E-state index in [0.29, 0.717) is 43.5 Å². The molecule has 0 radical (unpaired) electrons. The Morgan fingerprint density at radius 3 is 2.20 bits per heavy atom. The summed E-state index contributed by atoms with van der Waals surface area (Å²) in [6, 6.07) is 7.35. The van der Waals surface area contributed by atoms with Crippen molar-refractivity contribution in [2.45, 2.75) is 45.1 Å². The van der Waals surface area contributed by atoms with Crippen LogP contribution in [0.1, 0.15) is 55.7 Å². The number of aromatic nitrogens is 2. The number of nitrogens with one attached hydrogen (secondary N) is 1. The van der Waals surface area contributed by atoms with Crippen molar-refractivity contribution >= 4 is 17.6 Å². The molecule has 160 valence electrons. The van der Waals surface area contributed by atoms with Crippen molar-refractivity contribution in [2.24, 2.45) is 0 Å². The lowest BCUT2D eigenvalue weighted by Gasteiger charge is -2.34. The van der Waals surface area contributed by atoms with E-state index in [1.807, 2.05) is 10.7 Å². The van der Waals surface area contributed by atoms with Crippen LogP contribution in [-0.2, 0) is 5.54 Å². The summed E-state index contributed by atoms with van der Waals surface area (Å²) in [4.78, 5) is 28.9. The number of halogens is 1. The molecule has 2 heterocycles. The van der Waals surface area contributed by atoms with Crippen LogP contribution in [0.15, 0.2) is 30.3 Å². The molecule has 1 saturated carbocycles. The molecule has 7 nitrogen and oxygen atoms in total. The molecule has 1 aliphatic heterocycles. The van der Waals surface area contributed by atoms with E-state index in [0.717, 1.165) is 18.5 Å². The van der Waals surface area contributed by atoms with Crippen LogP contribution in [0.3, 0.4) is 0 Å². The van der Waals surface area contributed by atoms with Crippen LogP contribution in [0.4, 0.5) is 14.9 Å². The van der Waals surface area contributed by atoms with E-state index in [4.69, 9.17) is 0 Å². The highest BCUT2D eigenvalue weighted by Gasteiger charge is 2.34. The van der Waals surface area contributed by atoms with Gasteiger partial charge in [0, 0.05) is 43.5 Å². The van der Waals surface area contributed by atoms with Crippen molar-refractivity contribution in [3.8, 4) is 0 Å². The van der Waals surface area contributed by atoms with Gasteiger partial charge in [-0.2, -0.15) is 5.10 Å². The van der Waals surface area contributed by atoms with E-state index in [1.165, 1.54) is 24.3 Å². The maximum absolute atomic E-state index is 13.0. The lowest BCUT2D eigenvalue weighted by Crippen LogP contribution is -2.51. The fourth-order valence-electron chi connectivity index (χ4n) is 3.72. The van der Waals surface area contributed by atoms with Gasteiger partial charge in [0.2, 0.25) is 0 Å². The number of benzene rings is 1. The molecule has 1 aromatic heterocycles. The van der Waals surface area contributed by atoms with Crippen LogP contribution in [0.25, 0.3) is 0 Å². The molecule has 4 rings (SSSR count). The SMILES string of the molecule is CC(C)(C)n1nc(C(=O)N2CCN(C(=O)Nc3ccc(F)cc3)CC2)cc1C1CC1. The molecular weight excluding hydrogens is 385 g/mol. The van der Waals surface area contributed by atoms with Gasteiger partial charge >= 0.3 is 6.03 Å². The molecule has 0 unspecified atom stereocenters. The van der Waals surface area contributed by atoms with Gasteiger partial charge in [0.05, 0.1) is 5.54 Å². The largest absolute Gasteiger partial charge is 0.334 e. The number of carbonyl (C=O) groups is 2. The highest BCUT2D eigenvalue weighted by molar-refractivity contribution is 5.93. The standard InChI is InChI=1S/C22H28FN5O2/c1-22(2,3)28-19(15-4-5-15)14-18(25-28)20(29)26-10-12-27(13-11-26)21(30)24-17-8-6-16(23)7-9-17/h6-9,14-15H,4-5,10-13H2,1-3H3,(H,24,30). The maximum Gasteiger partial charge on any atom is 0.321 e. The molecule has 0 bridgehead atoms. The Bertz CT molecular complexity index is 935. The Balaban J connectivity index is 1.37. The Labute approximate surface area is 175 Å². The van der Waals surface area contributed by atoms with Crippen molar-refractivity contribution < 1.29 is 14.0 Å². The van der Waals surface area contributed by atoms with Gasteiger partial charge in [0.25, 0.3) is 5.91 Å². The van der Waals surface area contributed by atoms with Crippen LogP contribution in [0.5, 0.6) is 0 Å². The lowest BCUT2D eigenvalue weighted by molar-refractivity contribution is 0.0664. The van der Waals surface area contributed by atoms with E-state index >= 15 is 0 Å². The van der Waals surface area contributed by atoms with E-state index < -0.39 is 0 Å². The van der Waals surface area contributed by atoms with Gasteiger partial charge in [0.1, 0.15) is 5.82 Å². The number of nitrogens with zero attached hydrogens (tertiary/aromatic N) is 4. The molecule has 1 aliphatic carbocycles. The zero-order chi connectivity index (χ0) is 21.5. The molecule has 0 spiro atoms. The summed E-state index contributed by atoms with van der Waals surface area (Å²) >= 11 is 0. The van der Waals surface area contributed by atoms with Crippen molar-refractivity contribution in [3.63, 3.8) is 0 Å². The van der Waals surface area contributed by atoms with Crippen LogP contribution in [0, 0.1) is 5.82 Å². The van der Waals surface area contributed by atoms with Crippen LogP contribution in [-0.4, -0.2) is 57.7 Å². The van der Waals surface area contributed by atoms with Crippen LogP contribution < -0.4 is 5.32 Å². The fourth-order valence-corrected chi connectivity index (χ4v) is 3.72. The fraction of sp³-hybridized carbons (Fsp3) is 0.500. The average Bonchev–Trinajstić information content (AvgIpc) is 3.46. The first kappa shape index (κ1) is 20.4. The third-order valence-corrected chi connectivity index (χ3v) is 5.54. The number of amides is 3. The lowest BCUT2D eigenvalue weighted by atomic mass is 10.1. The zero-order valence-corrected chi connectivity index (χ0v) is 17.7. The first-order valence-corrected chi connectivity index (χ1v) is 10.4. The summed E-state index contributed by atoms with van der Waals surface area (Å²) in [5.74, 6) is 0.0719. The van der Waals surface area contributed by atoms with E-state index in [1.54, 1.807) is 9.80 Å². The summed E-state index contributed by atoms with van der Waals surface area (Å²) in [5.41, 5.74) is 1.99. The minimum Gasteiger partial charge on any atom is -0.334 e. The Hall–Kier alpha value is -2.90. The Kier molecular flexibility index (Phi) is 5.26. The molecule has 2 aromatic rings. The topological polar surface area (TPSA) is 70.5 Å². The second-order valence-corrected chi connectivity index (χ2v) is 9.03. The normalized spacial score (nSPS) is 17.2. The Morgan fingerprint density at radius 1 is 1.03 bits per heavy atom. The van der Waals surface area contributed by atoms with E-state index in [-0.39, 0.29) is 23.3 Å². The van der Waals surface area contributed by atoms with E-state index in [9.17, 15) is 14.0 Å². The van der Waals surface area contributed by atoms with Crippen molar-refractivity contribution in [3.05, 3.63) is 47.5 Å². The second-order valence-electron chi connectivity index (χ2n) is 9.03. The number of anilines is 1. The second kappa shape index (κ2) is 7.74. The van der Waals surface area contributed by atoms with Crippen LogP contribution in [0.2, 0.25) is 0 Å². The number of carbonyl (C=O) groups excluding carboxylic acids is 2. The average molecular weight is 413 g/mol. The predicted octanol–water partition coefficient (Wildman–Crippen LogP) is 3.64. The first-order chi connectivity index (χ1) is 14.2. The molecule has 3 amide bonds. The van der Waals surface area contributed by atoms with Gasteiger partial charge in [-0.1, -0.05) is 0 Å². The molecule has 1 N–H and O–H groups in total. The quantitative estimate of drug-likeness (QED) is 0.835. The van der Waals surface area contributed by atoms with Crippen molar-refractivity contribution in [1.82, 2.24) is 19.6 Å². The summed E-state index contributed by atoms with van der Waals surface area (Å²) < 4.78 is 15.0. The summed E-state index contributed by atoms with van der Waals surface area (Å²) in [6.07, 6.45) is 2.30. The molecule has 30 heavy (non-hydrogen) atoms. The summed E-state index contributed by atoms with van der Waals surface area (Å²) in [6.45, 7) is 8.08. The minimum atomic E-state index is -0.348. The summed E-state index contributed by atoms with van der Waals surface area (Å²) in [7, 11) is 0. The van der Waals surface area contributed by atoms with Gasteiger partial charge in [-0.3, -0.25) is 9.48 Å². The van der Waals surface area contributed by atoms with Gasteiger partial charge in [-0.15, -0.1) is 0 Å². The highest BCUT2D eigenvalue weighted by atomic mass is 19.1. The minimum absolute atomic E-state index is 0.0847. The predicted molar refractivity (Wildman–Crippen MR) is 112 cm³/mol. The monoisotopic (exact) mass is 413 g/mol. The zero-order valence-electron chi connectivity index (χ0n) is 17.7. The van der Waals surface area contributed by atoms with Gasteiger partial charge in [0.15, 0.2) is 5.69 Å². The highest BCUT2D eigenvalue weighted by Crippen LogP contribution is 2.41. The molecular formula is C22H28FN5O2. The van der Waals surface area contributed by atoms with Crippen molar-refractivity contribution in [1.29, 1.82) is 0 Å². The van der Waals surface area contributed by atoms with E-state index in [2.05, 4.69) is 31.2 Å². The third kappa shape index (κ3) is 4.32. The molecule has 1 aromatic carbocycles. The number of rotatable bonds is 3. The number of hydrogen-bond acceptors (Lipinski definition) is 3. The Morgan fingerprint density at radius 2 is 1.63 bits per heavy atom. The molecule has 2 aliphatic rings. The van der Waals surface area contributed by atoms with Gasteiger partial charge in [-0.05, 0) is 63.9 Å². The van der Waals surface area contributed by atoms with Crippen LogP contribution >= 0.6 is 0 Å². The molecule has 8 heteroatoms. The third-order valence-electron chi connectivity index (χ3n) is 5.54. The van der Waals surface area contributed by atoms with Gasteiger partial charge < -0.3 is 15.1 Å². The van der Waals surface area contributed by atoms with Crippen molar-refractivity contribution in [2.75, 3.05) is 31.5 Å². The smallest absolute Gasteiger partial charge is 0.321 e. The summed E-state index contributed by atoms with van der Waals surface area (Å²) in [5, 5.41) is 7.40. The molecule has 0 atom stereocenters.